The fourth-order valence-electron chi connectivity index (χ4n) is 7.29. The van der Waals surface area contributed by atoms with Crippen molar-refractivity contribution in [1.82, 2.24) is 9.80 Å². The number of anilines is 1. The molecule has 7 nitrogen and oxygen atoms in total. The summed E-state index contributed by atoms with van der Waals surface area (Å²) in [5.41, 5.74) is 3.56. The van der Waals surface area contributed by atoms with Gasteiger partial charge < -0.3 is 24.4 Å². The first-order valence-electron chi connectivity index (χ1n) is 16.3. The predicted octanol–water partition coefficient (Wildman–Crippen LogP) is 6.44. The smallest absolute Gasteiger partial charge is 0.232 e. The van der Waals surface area contributed by atoms with Crippen molar-refractivity contribution < 1.29 is 19.4 Å². The van der Waals surface area contributed by atoms with Crippen LogP contribution in [0.2, 0.25) is 5.02 Å². The van der Waals surface area contributed by atoms with Crippen LogP contribution < -0.4 is 14.4 Å². The summed E-state index contributed by atoms with van der Waals surface area (Å²) in [6, 6.07) is 19.8. The van der Waals surface area contributed by atoms with Gasteiger partial charge in [-0.25, -0.2) is 0 Å². The molecule has 0 radical (unpaired) electrons. The van der Waals surface area contributed by atoms with Gasteiger partial charge in [-0.05, 0) is 112 Å². The second kappa shape index (κ2) is 13.0. The third-order valence-corrected chi connectivity index (χ3v) is 10.3. The van der Waals surface area contributed by atoms with Crippen LogP contribution in [0.4, 0.5) is 5.69 Å². The van der Waals surface area contributed by atoms with Gasteiger partial charge in [-0.2, -0.15) is 0 Å². The highest BCUT2D eigenvalue weighted by atomic mass is 35.5. The zero-order chi connectivity index (χ0) is 31.9. The van der Waals surface area contributed by atoms with Crippen molar-refractivity contribution in [3.63, 3.8) is 0 Å². The first-order valence-corrected chi connectivity index (χ1v) is 16.7. The Hall–Kier alpha value is -3.10. The number of amides is 1. The summed E-state index contributed by atoms with van der Waals surface area (Å²) in [6.07, 6.45) is 2.62. The lowest BCUT2D eigenvalue weighted by atomic mass is 9.77. The van der Waals surface area contributed by atoms with Crippen LogP contribution in [0.5, 0.6) is 11.5 Å². The molecule has 2 fully saturated rings. The van der Waals surface area contributed by atoms with Crippen LogP contribution in [0, 0.1) is 5.92 Å². The molecule has 0 aliphatic carbocycles. The molecule has 0 spiro atoms. The highest BCUT2D eigenvalue weighted by Crippen LogP contribution is 2.45. The minimum Gasteiger partial charge on any atom is -0.493 e. The average molecular weight is 632 g/mol. The molecule has 45 heavy (non-hydrogen) atoms. The van der Waals surface area contributed by atoms with Crippen molar-refractivity contribution in [2.45, 2.75) is 70.7 Å². The molecule has 1 unspecified atom stereocenters. The van der Waals surface area contributed by atoms with Gasteiger partial charge in [0.05, 0.1) is 31.3 Å². The van der Waals surface area contributed by atoms with Crippen molar-refractivity contribution in [3.8, 4) is 11.5 Å². The van der Waals surface area contributed by atoms with Crippen LogP contribution in [0.1, 0.15) is 68.8 Å². The summed E-state index contributed by atoms with van der Waals surface area (Å²) in [7, 11) is 1.62. The van der Waals surface area contributed by atoms with Crippen molar-refractivity contribution in [2.24, 2.45) is 5.92 Å². The summed E-state index contributed by atoms with van der Waals surface area (Å²) < 4.78 is 11.8. The van der Waals surface area contributed by atoms with Gasteiger partial charge in [-0.15, -0.1) is 0 Å². The van der Waals surface area contributed by atoms with Gasteiger partial charge >= 0.3 is 0 Å². The van der Waals surface area contributed by atoms with Gasteiger partial charge in [0.1, 0.15) is 0 Å². The molecule has 0 aromatic heterocycles. The van der Waals surface area contributed by atoms with Crippen LogP contribution in [0.15, 0.2) is 60.7 Å². The fourth-order valence-corrected chi connectivity index (χ4v) is 7.42. The molecule has 3 aromatic rings. The molecule has 8 heteroatoms. The highest BCUT2D eigenvalue weighted by Gasteiger charge is 2.44. The van der Waals surface area contributed by atoms with Crippen LogP contribution in [0.25, 0.3) is 0 Å². The van der Waals surface area contributed by atoms with Gasteiger partial charge in [0.25, 0.3) is 0 Å². The number of hydrogen-bond acceptors (Lipinski definition) is 6. The number of halogens is 1. The van der Waals surface area contributed by atoms with E-state index in [0.29, 0.717) is 22.6 Å². The number of aliphatic hydroxyl groups is 1. The van der Waals surface area contributed by atoms with E-state index in [-0.39, 0.29) is 30.4 Å². The Balaban J connectivity index is 1.27. The number of ether oxygens (including phenoxy) is 2. The second-order valence-electron chi connectivity index (χ2n) is 13.3. The number of fused-ring (bicyclic) bond motifs is 1. The molecular formula is C37H46ClN3O4. The van der Waals surface area contributed by atoms with Gasteiger partial charge in [-0.1, -0.05) is 42.8 Å². The van der Waals surface area contributed by atoms with Crippen LogP contribution in [0.3, 0.4) is 0 Å². The van der Waals surface area contributed by atoms with Gasteiger partial charge in [-0.3, -0.25) is 9.69 Å². The normalized spacial score (nSPS) is 21.4. The minimum absolute atomic E-state index is 0.00898. The van der Waals surface area contributed by atoms with E-state index in [9.17, 15) is 9.90 Å². The average Bonchev–Trinajstić information content (AvgIpc) is 3.00. The molecule has 6 rings (SSSR count). The monoisotopic (exact) mass is 631 g/mol. The third kappa shape index (κ3) is 6.33. The summed E-state index contributed by atoms with van der Waals surface area (Å²) in [6.45, 7) is 13.4. The molecule has 3 aliphatic heterocycles. The molecule has 0 saturated carbocycles. The van der Waals surface area contributed by atoms with E-state index >= 15 is 0 Å². The van der Waals surface area contributed by atoms with E-state index in [1.807, 2.05) is 86.3 Å². The van der Waals surface area contributed by atoms with E-state index in [1.165, 1.54) is 12.8 Å². The van der Waals surface area contributed by atoms with Crippen molar-refractivity contribution >= 4 is 23.2 Å². The first-order chi connectivity index (χ1) is 21.6. The molecule has 3 heterocycles. The number of hydrogen-bond donors (Lipinski definition) is 1. The van der Waals surface area contributed by atoms with Gasteiger partial charge in [0.2, 0.25) is 5.91 Å². The Morgan fingerprint density at radius 1 is 1.00 bits per heavy atom. The number of benzene rings is 3. The van der Waals surface area contributed by atoms with Gasteiger partial charge in [0.15, 0.2) is 11.5 Å². The van der Waals surface area contributed by atoms with Crippen LogP contribution in [-0.4, -0.2) is 72.8 Å². The number of rotatable bonds is 9. The second-order valence-corrected chi connectivity index (χ2v) is 13.7. The van der Waals surface area contributed by atoms with Crippen LogP contribution >= 0.6 is 11.6 Å². The summed E-state index contributed by atoms with van der Waals surface area (Å²) in [5, 5.41) is 12.4. The lowest BCUT2D eigenvalue weighted by Crippen LogP contribution is -2.60. The lowest BCUT2D eigenvalue weighted by Gasteiger charge is -2.51. The Bertz CT molecular complexity index is 1490. The van der Waals surface area contributed by atoms with Gasteiger partial charge in [0, 0.05) is 35.8 Å². The largest absolute Gasteiger partial charge is 0.493 e. The molecule has 2 saturated heterocycles. The molecule has 1 amide bonds. The standard InChI is InChI=1S/C37H46ClN3O4/c1-6-39-17-15-30(16-18-39)40-22-28(23-40)37(4,43)27-9-13-31(14-10-27)41-35(42)20-26-19-33(44-5)34(45-24(2)3)21-32(26)36(41)25-7-11-29(38)12-8-25/h7-14,19,21,24,28,30,36,43H,6,15-18,20,22-23H2,1-5H3/t36?,37-/m1/s1. The SMILES string of the molecule is CCN1CCC(N2CC([C@](C)(O)c3ccc(N4C(=O)Cc5cc(OC)c(OC(C)C)cc5C4c4ccc(Cl)cc4)cc3)C2)CC1. The molecule has 2 atom stereocenters. The summed E-state index contributed by atoms with van der Waals surface area (Å²) in [5.74, 6) is 1.43. The number of likely N-dealkylation sites (tertiary alicyclic amines) is 2. The number of carbonyl (C=O) groups excluding carboxylic acids is 1. The minimum atomic E-state index is -0.952. The molecular weight excluding hydrogens is 586 g/mol. The van der Waals surface area contributed by atoms with E-state index in [0.717, 1.165) is 60.7 Å². The maximum atomic E-state index is 13.9. The van der Waals surface area contributed by atoms with Crippen molar-refractivity contribution in [3.05, 3.63) is 87.9 Å². The Labute approximate surface area is 272 Å². The van der Waals surface area contributed by atoms with E-state index < -0.39 is 5.60 Å². The Morgan fingerprint density at radius 3 is 2.27 bits per heavy atom. The molecule has 3 aliphatic rings. The quantitative estimate of drug-likeness (QED) is 0.293. The predicted molar refractivity (Wildman–Crippen MR) is 179 cm³/mol. The Morgan fingerprint density at radius 2 is 1.67 bits per heavy atom. The maximum absolute atomic E-state index is 13.9. The zero-order valence-electron chi connectivity index (χ0n) is 27.1. The van der Waals surface area contributed by atoms with E-state index in [2.05, 4.69) is 16.7 Å². The number of methoxy groups -OCH3 is 1. The molecule has 240 valence electrons. The molecule has 1 N–H and O–H groups in total. The van der Waals surface area contributed by atoms with Crippen molar-refractivity contribution in [1.29, 1.82) is 0 Å². The number of carbonyl (C=O) groups is 1. The fraction of sp³-hybridized carbons (Fsp3) is 0.486. The molecule has 0 bridgehead atoms. The lowest BCUT2D eigenvalue weighted by molar-refractivity contribution is -0.118. The van der Waals surface area contributed by atoms with E-state index in [1.54, 1.807) is 7.11 Å². The maximum Gasteiger partial charge on any atom is 0.232 e. The van der Waals surface area contributed by atoms with Crippen molar-refractivity contribution in [2.75, 3.05) is 44.7 Å². The summed E-state index contributed by atoms with van der Waals surface area (Å²) >= 11 is 6.28. The van der Waals surface area contributed by atoms with Crippen LogP contribution in [-0.2, 0) is 16.8 Å². The molecule has 3 aromatic carbocycles. The third-order valence-electron chi connectivity index (χ3n) is 10.1. The highest BCUT2D eigenvalue weighted by molar-refractivity contribution is 6.30. The van der Waals surface area contributed by atoms with E-state index in [4.69, 9.17) is 21.1 Å². The number of nitrogens with zero attached hydrogens (tertiary/aromatic N) is 3. The Kier molecular flexibility index (Phi) is 9.17. The summed E-state index contributed by atoms with van der Waals surface area (Å²) in [4.78, 5) is 20.8. The zero-order valence-corrected chi connectivity index (χ0v) is 27.9. The topological polar surface area (TPSA) is 65.5 Å². The first kappa shape index (κ1) is 31.9. The number of piperidine rings is 1.